The van der Waals surface area contributed by atoms with E-state index in [0.717, 1.165) is 0 Å². The van der Waals surface area contributed by atoms with Gasteiger partial charge in [0.05, 0.1) is 0 Å². The summed E-state index contributed by atoms with van der Waals surface area (Å²) in [5.41, 5.74) is 0. The minimum absolute atomic E-state index is 0.126. The number of hydrogen-bond donors (Lipinski definition) is 0. The zero-order valence-corrected chi connectivity index (χ0v) is 6.30. The quantitative estimate of drug-likeness (QED) is 0.328. The Bertz CT molecular complexity index is 179. The number of esters is 1. The lowest BCUT2D eigenvalue weighted by Gasteiger charge is -1.97. The number of ether oxygens (including phenoxy) is 1. The molecular weight excluding hydrogens is 132 g/mol. The van der Waals surface area contributed by atoms with Gasteiger partial charge in [0, 0.05) is 13.0 Å². The van der Waals surface area contributed by atoms with Gasteiger partial charge in [-0.1, -0.05) is 0 Å². The molecule has 0 bridgehead atoms. The molecule has 3 nitrogen and oxygen atoms in total. The van der Waals surface area contributed by atoms with Gasteiger partial charge in [-0.15, -0.1) is 0 Å². The van der Waals surface area contributed by atoms with Crippen LogP contribution in [0.5, 0.6) is 0 Å². The van der Waals surface area contributed by atoms with Crippen LogP contribution in [0.15, 0.2) is 11.8 Å². The predicted octanol–water partition coefficient (Wildman–Crippen LogP) is 1.04. The monoisotopic (exact) mass is 142 g/mol. The molecule has 0 spiro atoms. The first-order valence-corrected chi connectivity index (χ1v) is 2.89. The predicted molar refractivity (Wildman–Crippen MR) is 36.2 cm³/mol. The molecule has 56 valence electrons. The maximum atomic E-state index is 10.4. The molecule has 0 aliphatic heterocycles. The molecule has 10 heavy (non-hydrogen) atoms. The highest BCUT2D eigenvalue weighted by atomic mass is 16.5. The first-order chi connectivity index (χ1) is 4.52. The van der Waals surface area contributed by atoms with Crippen molar-refractivity contribution >= 4 is 11.8 Å². The van der Waals surface area contributed by atoms with E-state index in [9.17, 15) is 9.59 Å². The van der Waals surface area contributed by atoms with E-state index in [1.54, 1.807) is 6.92 Å². The van der Waals surface area contributed by atoms with Crippen molar-refractivity contribution in [3.05, 3.63) is 11.8 Å². The molecule has 0 aliphatic carbocycles. The molecule has 0 aromatic rings. The number of allylic oxidation sites excluding steroid dienone is 2. The van der Waals surface area contributed by atoms with Gasteiger partial charge in [-0.05, 0) is 13.8 Å². The summed E-state index contributed by atoms with van der Waals surface area (Å²) in [4.78, 5) is 20.6. The summed E-state index contributed by atoms with van der Waals surface area (Å²) in [6.07, 6.45) is 1.27. The highest BCUT2D eigenvalue weighted by Gasteiger charge is 1.95. The van der Waals surface area contributed by atoms with Gasteiger partial charge in [0.15, 0.2) is 5.78 Å². The molecule has 0 aliphatic rings. The average Bonchev–Trinajstić information content (AvgIpc) is 1.58. The fourth-order valence-corrected chi connectivity index (χ4v) is 0.542. The fourth-order valence-electron chi connectivity index (χ4n) is 0.542. The molecule has 0 atom stereocenters. The van der Waals surface area contributed by atoms with E-state index in [-0.39, 0.29) is 5.78 Å². The van der Waals surface area contributed by atoms with E-state index in [0.29, 0.717) is 5.76 Å². The normalized spacial score (nSPS) is 10.9. The summed E-state index contributed by atoms with van der Waals surface area (Å²) in [6.45, 7) is 4.24. The van der Waals surface area contributed by atoms with Crippen molar-refractivity contribution in [1.82, 2.24) is 0 Å². The lowest BCUT2D eigenvalue weighted by atomic mass is 10.4. The van der Waals surface area contributed by atoms with Crippen LogP contribution in [0.2, 0.25) is 0 Å². The van der Waals surface area contributed by atoms with E-state index in [1.807, 2.05) is 0 Å². The Kier molecular flexibility index (Phi) is 3.39. The number of carbonyl (C=O) groups excluding carboxylic acids is 2. The topological polar surface area (TPSA) is 43.4 Å². The average molecular weight is 142 g/mol. The van der Waals surface area contributed by atoms with Gasteiger partial charge in [-0.3, -0.25) is 9.59 Å². The number of rotatable bonds is 2. The molecule has 0 saturated carbocycles. The standard InChI is InChI=1S/C7H10O3/c1-5(8)4-6(2)10-7(3)9/h4H,1-3H3/b6-4-. The minimum atomic E-state index is -0.407. The highest BCUT2D eigenvalue weighted by Crippen LogP contribution is 1.94. The third-order valence-electron chi connectivity index (χ3n) is 0.711. The SMILES string of the molecule is CC(=O)/C=C(/C)OC(C)=O. The number of ketones is 1. The molecule has 0 rings (SSSR count). The maximum Gasteiger partial charge on any atom is 0.307 e. The Morgan fingerprint density at radius 1 is 1.20 bits per heavy atom. The van der Waals surface area contributed by atoms with E-state index in [4.69, 9.17) is 0 Å². The molecular formula is C7H10O3. The number of carbonyl (C=O) groups is 2. The van der Waals surface area contributed by atoms with Crippen LogP contribution >= 0.6 is 0 Å². The van der Waals surface area contributed by atoms with Crippen molar-refractivity contribution in [3.8, 4) is 0 Å². The molecule has 0 fully saturated rings. The first kappa shape index (κ1) is 8.88. The largest absolute Gasteiger partial charge is 0.431 e. The second kappa shape index (κ2) is 3.82. The first-order valence-electron chi connectivity index (χ1n) is 2.89. The molecule has 3 heteroatoms. The lowest BCUT2D eigenvalue weighted by molar-refractivity contribution is -0.136. The molecule has 0 unspecified atom stereocenters. The van der Waals surface area contributed by atoms with Crippen LogP contribution in [0.3, 0.4) is 0 Å². The number of hydrogen-bond acceptors (Lipinski definition) is 3. The summed E-state index contributed by atoms with van der Waals surface area (Å²) in [5, 5.41) is 0. The van der Waals surface area contributed by atoms with Crippen LogP contribution < -0.4 is 0 Å². The van der Waals surface area contributed by atoms with Crippen LogP contribution in [-0.4, -0.2) is 11.8 Å². The molecule has 0 radical (unpaired) electrons. The molecule has 0 saturated heterocycles. The van der Waals surface area contributed by atoms with E-state index in [1.165, 1.54) is 19.9 Å². The Balaban J connectivity index is 3.95. The maximum absolute atomic E-state index is 10.4. The van der Waals surface area contributed by atoms with Crippen LogP contribution in [0.4, 0.5) is 0 Å². The van der Waals surface area contributed by atoms with Crippen molar-refractivity contribution in [1.29, 1.82) is 0 Å². The van der Waals surface area contributed by atoms with Crippen LogP contribution in [0.25, 0.3) is 0 Å². The molecule has 0 aromatic carbocycles. The Labute approximate surface area is 59.7 Å². The van der Waals surface area contributed by atoms with Gasteiger partial charge in [0.25, 0.3) is 0 Å². The van der Waals surface area contributed by atoms with Gasteiger partial charge >= 0.3 is 5.97 Å². The Morgan fingerprint density at radius 2 is 1.70 bits per heavy atom. The van der Waals surface area contributed by atoms with Crippen LogP contribution in [0, 0.1) is 0 Å². The highest BCUT2D eigenvalue weighted by molar-refractivity contribution is 5.87. The smallest absolute Gasteiger partial charge is 0.307 e. The van der Waals surface area contributed by atoms with Crippen molar-refractivity contribution in [2.45, 2.75) is 20.8 Å². The van der Waals surface area contributed by atoms with Crippen LogP contribution in [0.1, 0.15) is 20.8 Å². The summed E-state index contributed by atoms with van der Waals surface area (Å²) >= 11 is 0. The zero-order valence-electron chi connectivity index (χ0n) is 6.30. The van der Waals surface area contributed by atoms with Crippen molar-refractivity contribution in [3.63, 3.8) is 0 Å². The van der Waals surface area contributed by atoms with Crippen molar-refractivity contribution < 1.29 is 14.3 Å². The van der Waals surface area contributed by atoms with Crippen molar-refractivity contribution in [2.75, 3.05) is 0 Å². The Morgan fingerprint density at radius 3 is 2.00 bits per heavy atom. The van der Waals surface area contributed by atoms with Gasteiger partial charge in [0.2, 0.25) is 0 Å². The molecule has 0 amide bonds. The summed E-state index contributed by atoms with van der Waals surface area (Å²) in [7, 11) is 0. The summed E-state index contributed by atoms with van der Waals surface area (Å²) < 4.78 is 4.56. The van der Waals surface area contributed by atoms with Crippen LogP contribution in [-0.2, 0) is 14.3 Å². The van der Waals surface area contributed by atoms with Crippen molar-refractivity contribution in [2.24, 2.45) is 0 Å². The second-order valence-corrected chi connectivity index (χ2v) is 1.96. The minimum Gasteiger partial charge on any atom is -0.431 e. The van der Waals surface area contributed by atoms with Gasteiger partial charge in [0.1, 0.15) is 5.76 Å². The summed E-state index contributed by atoms with van der Waals surface area (Å²) in [6, 6.07) is 0. The second-order valence-electron chi connectivity index (χ2n) is 1.96. The van der Waals surface area contributed by atoms with Gasteiger partial charge < -0.3 is 4.74 Å². The van der Waals surface area contributed by atoms with Gasteiger partial charge in [-0.2, -0.15) is 0 Å². The lowest BCUT2D eigenvalue weighted by Crippen LogP contribution is -1.97. The van der Waals surface area contributed by atoms with Gasteiger partial charge in [-0.25, -0.2) is 0 Å². The third-order valence-corrected chi connectivity index (χ3v) is 0.711. The third kappa shape index (κ3) is 5.03. The zero-order chi connectivity index (χ0) is 8.15. The fraction of sp³-hybridized carbons (Fsp3) is 0.429. The molecule has 0 aromatic heterocycles. The van der Waals surface area contributed by atoms with E-state index >= 15 is 0 Å². The summed E-state index contributed by atoms with van der Waals surface area (Å²) in [5.74, 6) is -0.200. The van der Waals surface area contributed by atoms with E-state index < -0.39 is 5.97 Å². The molecule has 0 N–H and O–H groups in total. The van der Waals surface area contributed by atoms with E-state index in [2.05, 4.69) is 4.74 Å². The molecule has 0 heterocycles. The Hall–Kier alpha value is -1.12.